The smallest absolute Gasteiger partial charge is 0.347 e. The minimum Gasteiger partial charge on any atom is -0.479 e. The molecule has 2 atom stereocenters. The summed E-state index contributed by atoms with van der Waals surface area (Å²) >= 11 is 0. The molecule has 0 aromatic heterocycles. The Balaban J connectivity index is 2.09. The molecule has 0 spiro atoms. The quantitative estimate of drug-likeness (QED) is 0.838. The topological polar surface area (TPSA) is 61.5 Å². The highest BCUT2D eigenvalue weighted by Gasteiger charge is 2.21. The maximum Gasteiger partial charge on any atom is 0.347 e. The molecule has 0 saturated heterocycles. The van der Waals surface area contributed by atoms with E-state index in [9.17, 15) is 4.79 Å². The molecule has 20 heavy (non-hydrogen) atoms. The van der Waals surface area contributed by atoms with E-state index in [0.717, 1.165) is 25.0 Å². The Kier molecular flexibility index (Phi) is 5.01. The number of benzene rings is 1. The lowest BCUT2D eigenvalue weighted by molar-refractivity contribution is -0.151. The molecule has 2 unspecified atom stereocenters. The standard InChI is InChI=1S/C16H23NO3/c1-3-15(16(18)19-4-2)20-14-8-6-11-5-7-13(17)9-12(11)10-14/h6,8,10,13,15H,3-5,7,9,17H2,1-2H3. The van der Waals surface area contributed by atoms with Crippen LogP contribution in [0.15, 0.2) is 18.2 Å². The summed E-state index contributed by atoms with van der Waals surface area (Å²) in [4.78, 5) is 11.8. The summed E-state index contributed by atoms with van der Waals surface area (Å²) in [5.74, 6) is 0.419. The molecule has 2 rings (SSSR count). The van der Waals surface area contributed by atoms with Gasteiger partial charge in [0.25, 0.3) is 0 Å². The lowest BCUT2D eigenvalue weighted by Crippen LogP contribution is -2.29. The molecule has 0 radical (unpaired) electrons. The molecule has 0 fully saturated rings. The first kappa shape index (κ1) is 14.9. The van der Waals surface area contributed by atoms with Gasteiger partial charge in [0.1, 0.15) is 5.75 Å². The summed E-state index contributed by atoms with van der Waals surface area (Å²) in [5, 5.41) is 0. The van der Waals surface area contributed by atoms with E-state index in [0.29, 0.717) is 13.0 Å². The van der Waals surface area contributed by atoms with Gasteiger partial charge in [-0.15, -0.1) is 0 Å². The highest BCUT2D eigenvalue weighted by atomic mass is 16.6. The normalized spacial score (nSPS) is 19.1. The number of rotatable bonds is 5. The van der Waals surface area contributed by atoms with Crippen LogP contribution in [0.5, 0.6) is 5.75 Å². The number of aryl methyl sites for hydroxylation is 1. The van der Waals surface area contributed by atoms with Gasteiger partial charge < -0.3 is 15.2 Å². The lowest BCUT2D eigenvalue weighted by atomic mass is 9.89. The van der Waals surface area contributed by atoms with Gasteiger partial charge in [0.15, 0.2) is 6.10 Å². The molecule has 1 aliphatic rings. The molecule has 1 aliphatic carbocycles. The fourth-order valence-electron chi connectivity index (χ4n) is 2.53. The van der Waals surface area contributed by atoms with E-state index in [1.165, 1.54) is 11.1 Å². The van der Waals surface area contributed by atoms with E-state index >= 15 is 0 Å². The van der Waals surface area contributed by atoms with Crippen LogP contribution in [0.2, 0.25) is 0 Å². The molecule has 0 heterocycles. The van der Waals surface area contributed by atoms with Crippen LogP contribution in [0.3, 0.4) is 0 Å². The third kappa shape index (κ3) is 3.51. The van der Waals surface area contributed by atoms with Crippen LogP contribution < -0.4 is 10.5 Å². The zero-order valence-corrected chi connectivity index (χ0v) is 12.2. The number of fused-ring (bicyclic) bond motifs is 1. The number of esters is 1. The fourth-order valence-corrected chi connectivity index (χ4v) is 2.53. The van der Waals surface area contributed by atoms with Crippen molar-refractivity contribution >= 4 is 5.97 Å². The summed E-state index contributed by atoms with van der Waals surface area (Å²) < 4.78 is 10.8. The average molecular weight is 277 g/mol. The molecule has 1 aromatic rings. The van der Waals surface area contributed by atoms with Gasteiger partial charge in [0, 0.05) is 6.04 Å². The van der Waals surface area contributed by atoms with Crippen molar-refractivity contribution in [2.75, 3.05) is 6.61 Å². The summed E-state index contributed by atoms with van der Waals surface area (Å²) in [6.45, 7) is 4.08. The third-order valence-corrected chi connectivity index (χ3v) is 3.64. The van der Waals surface area contributed by atoms with Crippen LogP contribution in [-0.4, -0.2) is 24.7 Å². The summed E-state index contributed by atoms with van der Waals surface area (Å²) in [6.07, 6.45) is 2.99. The van der Waals surface area contributed by atoms with Crippen molar-refractivity contribution < 1.29 is 14.3 Å². The van der Waals surface area contributed by atoms with Gasteiger partial charge in [0.2, 0.25) is 0 Å². The van der Waals surface area contributed by atoms with E-state index in [1.54, 1.807) is 6.92 Å². The molecule has 0 bridgehead atoms. The maximum atomic E-state index is 11.8. The van der Waals surface area contributed by atoms with Crippen LogP contribution in [0.4, 0.5) is 0 Å². The van der Waals surface area contributed by atoms with Gasteiger partial charge in [-0.05, 0) is 55.9 Å². The van der Waals surface area contributed by atoms with Crippen molar-refractivity contribution in [3.63, 3.8) is 0 Å². The van der Waals surface area contributed by atoms with Crippen LogP contribution in [0.1, 0.15) is 37.8 Å². The van der Waals surface area contributed by atoms with E-state index < -0.39 is 6.10 Å². The zero-order chi connectivity index (χ0) is 14.5. The van der Waals surface area contributed by atoms with Gasteiger partial charge in [-0.3, -0.25) is 0 Å². The second kappa shape index (κ2) is 6.75. The zero-order valence-electron chi connectivity index (χ0n) is 12.2. The predicted molar refractivity (Wildman–Crippen MR) is 77.8 cm³/mol. The minimum atomic E-state index is -0.537. The van der Waals surface area contributed by atoms with Crippen LogP contribution >= 0.6 is 0 Å². The Bertz CT molecular complexity index is 473. The molecule has 0 amide bonds. The molecule has 2 N–H and O–H groups in total. The molecule has 1 aromatic carbocycles. The Labute approximate surface area is 120 Å². The molecular formula is C16H23NO3. The Morgan fingerprint density at radius 1 is 1.40 bits per heavy atom. The minimum absolute atomic E-state index is 0.227. The van der Waals surface area contributed by atoms with Crippen LogP contribution in [-0.2, 0) is 22.4 Å². The number of ether oxygens (including phenoxy) is 2. The van der Waals surface area contributed by atoms with E-state index in [-0.39, 0.29) is 12.0 Å². The molecule has 0 saturated carbocycles. The molecule has 0 aliphatic heterocycles. The average Bonchev–Trinajstić information content (AvgIpc) is 2.44. The number of carbonyl (C=O) groups excluding carboxylic acids is 1. The highest BCUT2D eigenvalue weighted by molar-refractivity contribution is 5.75. The second-order valence-corrected chi connectivity index (χ2v) is 5.20. The highest BCUT2D eigenvalue weighted by Crippen LogP contribution is 2.26. The van der Waals surface area contributed by atoms with Gasteiger partial charge in [-0.25, -0.2) is 4.79 Å². The SMILES string of the molecule is CCOC(=O)C(CC)Oc1ccc2c(c1)CC(N)CC2. The lowest BCUT2D eigenvalue weighted by Gasteiger charge is -2.23. The van der Waals surface area contributed by atoms with Crippen molar-refractivity contribution in [2.45, 2.75) is 51.7 Å². The molecule has 4 nitrogen and oxygen atoms in total. The third-order valence-electron chi connectivity index (χ3n) is 3.64. The van der Waals surface area contributed by atoms with Crippen LogP contribution in [0, 0.1) is 0 Å². The first-order valence-electron chi connectivity index (χ1n) is 7.34. The Hall–Kier alpha value is -1.55. The summed E-state index contributed by atoms with van der Waals surface area (Å²) in [7, 11) is 0. The second-order valence-electron chi connectivity index (χ2n) is 5.20. The van der Waals surface area contributed by atoms with Crippen molar-refractivity contribution in [1.82, 2.24) is 0 Å². The maximum absolute atomic E-state index is 11.8. The van der Waals surface area contributed by atoms with Gasteiger partial charge in [0.05, 0.1) is 6.61 Å². The van der Waals surface area contributed by atoms with E-state index in [4.69, 9.17) is 15.2 Å². The largest absolute Gasteiger partial charge is 0.479 e. The van der Waals surface area contributed by atoms with E-state index in [2.05, 4.69) is 6.07 Å². The van der Waals surface area contributed by atoms with Crippen molar-refractivity contribution in [1.29, 1.82) is 0 Å². The fraction of sp³-hybridized carbons (Fsp3) is 0.562. The van der Waals surface area contributed by atoms with Crippen molar-refractivity contribution in [2.24, 2.45) is 5.73 Å². The van der Waals surface area contributed by atoms with Crippen molar-refractivity contribution in [3.05, 3.63) is 29.3 Å². The molecule has 110 valence electrons. The van der Waals surface area contributed by atoms with Crippen molar-refractivity contribution in [3.8, 4) is 5.75 Å². The molecule has 4 heteroatoms. The first-order valence-corrected chi connectivity index (χ1v) is 7.34. The Morgan fingerprint density at radius 2 is 2.20 bits per heavy atom. The first-order chi connectivity index (χ1) is 9.63. The number of hydrogen-bond donors (Lipinski definition) is 1. The van der Waals surface area contributed by atoms with E-state index in [1.807, 2.05) is 19.1 Å². The van der Waals surface area contributed by atoms with Crippen LogP contribution in [0.25, 0.3) is 0 Å². The van der Waals surface area contributed by atoms with Gasteiger partial charge in [-0.1, -0.05) is 13.0 Å². The summed E-state index contributed by atoms with van der Waals surface area (Å²) in [6, 6.07) is 6.24. The molecular weight excluding hydrogens is 254 g/mol. The van der Waals surface area contributed by atoms with Gasteiger partial charge >= 0.3 is 5.97 Å². The number of carbonyl (C=O) groups is 1. The summed E-state index contributed by atoms with van der Waals surface area (Å²) in [5.41, 5.74) is 8.57. The predicted octanol–water partition coefficient (Wildman–Crippen LogP) is 2.22. The number of nitrogens with two attached hydrogens (primary N) is 1. The monoisotopic (exact) mass is 277 g/mol. The van der Waals surface area contributed by atoms with Gasteiger partial charge in [-0.2, -0.15) is 0 Å². The number of hydrogen-bond acceptors (Lipinski definition) is 4. The Morgan fingerprint density at radius 3 is 2.90 bits per heavy atom.